The number of hydrogen-bond acceptors (Lipinski definition) is 8. The highest BCUT2D eigenvalue weighted by Gasteiger charge is 2.49. The molecule has 3 atom stereocenters. The molecule has 0 aromatic carbocycles. The number of allylic oxidation sites excluding steroid dienone is 2. The molecule has 0 heterocycles. The standard InChI is InChI=1S/C27H47N3O8/c1-20(2)25(26(28)32)30-24(31)9-11-34-13-15-36-17-18-37-16-14-35-12-10-29-27(33)38-19-23-21-7-5-3-4-6-8-22(21)23/h3-4,20-23,25H,5-19H2,1-2H3,(H2,28,32)(H,29,33)(H,30,31)/t21?,22?,23?,25-/m0/s1. The summed E-state index contributed by atoms with van der Waals surface area (Å²) in [4.78, 5) is 35.0. The molecule has 0 aliphatic heterocycles. The Balaban J connectivity index is 1.29. The third-order valence-corrected chi connectivity index (χ3v) is 6.81. The molecule has 0 saturated heterocycles. The van der Waals surface area contributed by atoms with Gasteiger partial charge in [0.2, 0.25) is 11.8 Å². The fourth-order valence-corrected chi connectivity index (χ4v) is 4.63. The second kappa shape index (κ2) is 18.9. The summed E-state index contributed by atoms with van der Waals surface area (Å²) in [6.45, 7) is 7.63. The van der Waals surface area contributed by atoms with Crippen LogP contribution in [0.15, 0.2) is 12.2 Å². The van der Waals surface area contributed by atoms with Crippen LogP contribution >= 0.6 is 0 Å². The Labute approximate surface area is 226 Å². The predicted molar refractivity (Wildman–Crippen MR) is 141 cm³/mol. The van der Waals surface area contributed by atoms with E-state index in [4.69, 9.17) is 29.4 Å². The predicted octanol–water partition coefficient (Wildman–Crippen LogP) is 1.79. The summed E-state index contributed by atoms with van der Waals surface area (Å²) in [6, 6.07) is -0.675. The average Bonchev–Trinajstić information content (AvgIpc) is 3.51. The first-order valence-electron chi connectivity index (χ1n) is 13.9. The van der Waals surface area contributed by atoms with Crippen LogP contribution in [0.4, 0.5) is 4.79 Å². The minimum atomic E-state index is -0.675. The highest BCUT2D eigenvalue weighted by atomic mass is 16.6. The van der Waals surface area contributed by atoms with Gasteiger partial charge >= 0.3 is 6.09 Å². The van der Waals surface area contributed by atoms with E-state index in [9.17, 15) is 14.4 Å². The molecule has 11 nitrogen and oxygen atoms in total. The third-order valence-electron chi connectivity index (χ3n) is 6.81. The van der Waals surface area contributed by atoms with Crippen LogP contribution in [0.2, 0.25) is 0 Å². The van der Waals surface area contributed by atoms with Crippen molar-refractivity contribution in [3.63, 3.8) is 0 Å². The van der Waals surface area contributed by atoms with E-state index in [1.165, 1.54) is 12.8 Å². The number of fused-ring (bicyclic) bond motifs is 1. The van der Waals surface area contributed by atoms with E-state index in [1.807, 2.05) is 13.8 Å². The molecule has 2 aliphatic carbocycles. The zero-order chi connectivity index (χ0) is 27.6. The lowest BCUT2D eigenvalue weighted by Gasteiger charge is -2.18. The average molecular weight is 542 g/mol. The Hall–Kier alpha value is -2.21. The molecule has 0 radical (unpaired) electrons. The van der Waals surface area contributed by atoms with E-state index in [2.05, 4.69) is 22.8 Å². The summed E-state index contributed by atoms with van der Waals surface area (Å²) in [5, 5.41) is 5.33. The molecule has 1 saturated carbocycles. The van der Waals surface area contributed by atoms with Crippen molar-refractivity contribution in [1.82, 2.24) is 10.6 Å². The zero-order valence-electron chi connectivity index (χ0n) is 23.0. The van der Waals surface area contributed by atoms with Gasteiger partial charge in [-0.25, -0.2) is 4.79 Å². The molecule has 2 unspecified atom stereocenters. The van der Waals surface area contributed by atoms with Crippen molar-refractivity contribution in [1.29, 1.82) is 0 Å². The fourth-order valence-electron chi connectivity index (χ4n) is 4.63. The normalized spacial score (nSPS) is 21.2. The van der Waals surface area contributed by atoms with Crippen LogP contribution in [0, 0.1) is 23.7 Å². The van der Waals surface area contributed by atoms with Gasteiger partial charge in [-0.15, -0.1) is 0 Å². The summed E-state index contributed by atoms with van der Waals surface area (Å²) in [5.41, 5.74) is 5.28. The van der Waals surface area contributed by atoms with Crippen molar-refractivity contribution in [3.8, 4) is 0 Å². The van der Waals surface area contributed by atoms with Gasteiger partial charge in [0.25, 0.3) is 0 Å². The Bertz CT molecular complexity index is 717. The van der Waals surface area contributed by atoms with Crippen LogP contribution in [-0.4, -0.2) is 90.0 Å². The van der Waals surface area contributed by atoms with E-state index in [1.54, 1.807) is 0 Å². The Kier molecular flexibility index (Phi) is 16.0. The largest absolute Gasteiger partial charge is 0.449 e. The van der Waals surface area contributed by atoms with Gasteiger partial charge in [0, 0.05) is 13.0 Å². The quantitative estimate of drug-likeness (QED) is 0.156. The molecule has 218 valence electrons. The molecule has 0 aromatic heterocycles. The number of alkyl carbamates (subject to hydrolysis) is 1. The minimum Gasteiger partial charge on any atom is -0.449 e. The highest BCUT2D eigenvalue weighted by molar-refractivity contribution is 5.86. The maximum absolute atomic E-state index is 11.9. The Morgan fingerprint density at radius 1 is 0.842 bits per heavy atom. The van der Waals surface area contributed by atoms with E-state index < -0.39 is 11.9 Å². The fraction of sp³-hybridized carbons (Fsp3) is 0.815. The van der Waals surface area contributed by atoms with Gasteiger partial charge in [0.05, 0.1) is 59.5 Å². The van der Waals surface area contributed by atoms with Crippen molar-refractivity contribution in [2.75, 3.05) is 66.0 Å². The van der Waals surface area contributed by atoms with Gasteiger partial charge < -0.3 is 40.1 Å². The molecule has 3 amide bonds. The van der Waals surface area contributed by atoms with E-state index in [0.29, 0.717) is 77.2 Å². The molecule has 2 rings (SSSR count). The molecule has 2 aliphatic rings. The van der Waals surface area contributed by atoms with Crippen LogP contribution in [0.3, 0.4) is 0 Å². The number of ether oxygens (including phenoxy) is 5. The monoisotopic (exact) mass is 541 g/mol. The minimum absolute atomic E-state index is 0.0684. The van der Waals surface area contributed by atoms with Crippen LogP contribution in [0.25, 0.3) is 0 Å². The van der Waals surface area contributed by atoms with Gasteiger partial charge in [-0.05, 0) is 49.4 Å². The van der Waals surface area contributed by atoms with Crippen LogP contribution < -0.4 is 16.4 Å². The first-order chi connectivity index (χ1) is 18.4. The molecule has 0 spiro atoms. The molecule has 4 N–H and O–H groups in total. The van der Waals surface area contributed by atoms with Crippen molar-refractivity contribution in [3.05, 3.63) is 12.2 Å². The van der Waals surface area contributed by atoms with Gasteiger partial charge in [-0.1, -0.05) is 26.0 Å². The second-order valence-electron chi connectivity index (χ2n) is 10.0. The summed E-state index contributed by atoms with van der Waals surface area (Å²) in [7, 11) is 0. The first-order valence-corrected chi connectivity index (χ1v) is 13.9. The summed E-state index contributed by atoms with van der Waals surface area (Å²) < 4.78 is 27.0. The molecule has 11 heteroatoms. The number of carbonyl (C=O) groups excluding carboxylic acids is 3. The van der Waals surface area contributed by atoms with Gasteiger partial charge in [-0.2, -0.15) is 0 Å². The lowest BCUT2D eigenvalue weighted by molar-refractivity contribution is -0.129. The van der Waals surface area contributed by atoms with Gasteiger partial charge in [0.1, 0.15) is 6.04 Å². The maximum Gasteiger partial charge on any atom is 0.407 e. The number of nitrogens with two attached hydrogens (primary N) is 1. The maximum atomic E-state index is 11.9. The molecular formula is C27H47N3O8. The molecule has 0 aromatic rings. The van der Waals surface area contributed by atoms with Gasteiger partial charge in [-0.3, -0.25) is 9.59 Å². The molecule has 1 fully saturated rings. The van der Waals surface area contributed by atoms with Crippen LogP contribution in [0.1, 0.15) is 46.0 Å². The molecular weight excluding hydrogens is 494 g/mol. The van der Waals surface area contributed by atoms with E-state index in [-0.39, 0.29) is 30.9 Å². The van der Waals surface area contributed by atoms with Crippen molar-refractivity contribution in [2.45, 2.75) is 52.0 Å². The summed E-state index contributed by atoms with van der Waals surface area (Å²) in [6.07, 6.45) is 8.98. The highest BCUT2D eigenvalue weighted by Crippen LogP contribution is 2.52. The first kappa shape index (κ1) is 32.0. The summed E-state index contributed by atoms with van der Waals surface area (Å²) in [5.74, 6) is 1.07. The SMILES string of the molecule is CC(C)[C@H](NC(=O)CCOCCOCCOCCOCCNC(=O)OCC1C2CCC=CCCC21)C(N)=O. The third kappa shape index (κ3) is 13.5. The number of primary amides is 1. The number of hydrogen-bond donors (Lipinski definition) is 3. The van der Waals surface area contributed by atoms with Crippen LogP contribution in [0.5, 0.6) is 0 Å². The topological polar surface area (TPSA) is 147 Å². The zero-order valence-corrected chi connectivity index (χ0v) is 23.0. The van der Waals surface area contributed by atoms with Crippen molar-refractivity contribution < 1.29 is 38.1 Å². The Morgan fingerprint density at radius 3 is 1.89 bits per heavy atom. The lowest BCUT2D eigenvalue weighted by Crippen LogP contribution is -2.47. The Morgan fingerprint density at radius 2 is 1.37 bits per heavy atom. The van der Waals surface area contributed by atoms with Crippen molar-refractivity contribution in [2.24, 2.45) is 29.4 Å². The number of carbonyl (C=O) groups is 3. The molecule has 38 heavy (non-hydrogen) atoms. The van der Waals surface area contributed by atoms with E-state index in [0.717, 1.165) is 12.8 Å². The smallest absolute Gasteiger partial charge is 0.407 e. The van der Waals surface area contributed by atoms with E-state index >= 15 is 0 Å². The summed E-state index contributed by atoms with van der Waals surface area (Å²) >= 11 is 0. The van der Waals surface area contributed by atoms with Gasteiger partial charge in [0.15, 0.2) is 0 Å². The van der Waals surface area contributed by atoms with Crippen molar-refractivity contribution >= 4 is 17.9 Å². The lowest BCUT2D eigenvalue weighted by atomic mass is 10.0. The van der Waals surface area contributed by atoms with Crippen LogP contribution in [-0.2, 0) is 33.3 Å². The second-order valence-corrected chi connectivity index (χ2v) is 10.0. The number of amides is 3. The molecule has 0 bridgehead atoms. The number of nitrogens with one attached hydrogen (secondary N) is 2. The number of rotatable bonds is 20.